The Kier molecular flexibility index (Phi) is 4.16. The van der Waals surface area contributed by atoms with E-state index in [1.54, 1.807) is 23.2 Å². The molecule has 0 N–H and O–H groups in total. The molecule has 1 aromatic heterocycles. The van der Waals surface area contributed by atoms with Crippen molar-refractivity contribution in [1.82, 2.24) is 9.88 Å². The van der Waals surface area contributed by atoms with E-state index in [0.29, 0.717) is 5.56 Å². The van der Waals surface area contributed by atoms with Crippen molar-refractivity contribution in [2.75, 3.05) is 6.54 Å². The zero-order valence-electron chi connectivity index (χ0n) is 9.97. The van der Waals surface area contributed by atoms with Gasteiger partial charge in [-0.2, -0.15) is 5.26 Å². The quantitative estimate of drug-likeness (QED) is 0.622. The summed E-state index contributed by atoms with van der Waals surface area (Å²) in [5, 5.41) is 9.07. The number of aromatic nitrogens is 1. The van der Waals surface area contributed by atoms with Crippen molar-refractivity contribution in [3.63, 3.8) is 0 Å². The second-order valence-electron chi connectivity index (χ2n) is 4.37. The predicted molar refractivity (Wildman–Crippen MR) is 68.2 cm³/mol. The van der Waals surface area contributed by atoms with E-state index in [9.17, 15) is 4.79 Å². The molecule has 5 heteroatoms. The first-order valence-corrected chi connectivity index (χ1v) is 6.40. The number of pyridine rings is 1. The van der Waals surface area contributed by atoms with Crippen molar-refractivity contribution in [1.29, 1.82) is 5.26 Å². The molecule has 1 saturated carbocycles. The largest absolute Gasteiger partial charge is 0.322 e. The highest BCUT2D eigenvalue weighted by Crippen LogP contribution is 2.25. The molecule has 1 aliphatic rings. The second kappa shape index (κ2) is 5.83. The average Bonchev–Trinajstić information content (AvgIpc) is 2.89. The minimum absolute atomic E-state index is 0.106. The molecular formula is C13H14ClN3O. The average molecular weight is 264 g/mol. The summed E-state index contributed by atoms with van der Waals surface area (Å²) in [7, 11) is 0. The molecule has 0 radical (unpaired) electrons. The zero-order valence-corrected chi connectivity index (χ0v) is 10.7. The first kappa shape index (κ1) is 12.8. The summed E-state index contributed by atoms with van der Waals surface area (Å²) in [6.45, 7) is 0.106. The Bertz CT molecular complexity index is 477. The van der Waals surface area contributed by atoms with E-state index < -0.39 is 0 Å². The Balaban J connectivity index is 2.23. The van der Waals surface area contributed by atoms with E-state index >= 15 is 0 Å². The molecule has 0 atom stereocenters. The number of hydrogen-bond acceptors (Lipinski definition) is 3. The van der Waals surface area contributed by atoms with Crippen molar-refractivity contribution in [2.24, 2.45) is 0 Å². The maximum Gasteiger partial charge on any atom is 0.258 e. The molecule has 0 unspecified atom stereocenters. The predicted octanol–water partition coefficient (Wildman–Crippen LogP) is 2.64. The number of nitrogens with zero attached hydrogens (tertiary/aromatic N) is 3. The molecule has 0 aromatic carbocycles. The highest BCUT2D eigenvalue weighted by Gasteiger charge is 2.28. The smallest absolute Gasteiger partial charge is 0.258 e. The van der Waals surface area contributed by atoms with Gasteiger partial charge in [0.1, 0.15) is 11.7 Å². The number of carbonyl (C=O) groups is 1. The minimum atomic E-state index is -0.193. The van der Waals surface area contributed by atoms with E-state index in [2.05, 4.69) is 11.1 Å². The van der Waals surface area contributed by atoms with Gasteiger partial charge < -0.3 is 4.90 Å². The topological polar surface area (TPSA) is 57.0 Å². The molecule has 2 rings (SSSR count). The van der Waals surface area contributed by atoms with Gasteiger partial charge >= 0.3 is 0 Å². The van der Waals surface area contributed by atoms with Gasteiger partial charge in [-0.1, -0.05) is 24.4 Å². The van der Waals surface area contributed by atoms with Crippen molar-refractivity contribution in [2.45, 2.75) is 31.7 Å². The van der Waals surface area contributed by atoms with Crippen LogP contribution in [0.4, 0.5) is 0 Å². The Morgan fingerprint density at radius 2 is 2.28 bits per heavy atom. The summed E-state index contributed by atoms with van der Waals surface area (Å²) in [6, 6.07) is 5.55. The zero-order chi connectivity index (χ0) is 13.0. The van der Waals surface area contributed by atoms with Crippen LogP contribution in [0, 0.1) is 11.3 Å². The number of hydrogen-bond donors (Lipinski definition) is 0. The van der Waals surface area contributed by atoms with Gasteiger partial charge in [-0.05, 0) is 25.0 Å². The summed E-state index contributed by atoms with van der Waals surface area (Å²) in [4.78, 5) is 17.9. The van der Waals surface area contributed by atoms with Gasteiger partial charge in [0.15, 0.2) is 0 Å². The number of carbonyl (C=O) groups excluding carboxylic acids is 1. The molecule has 1 heterocycles. The van der Waals surface area contributed by atoms with Crippen molar-refractivity contribution in [3.8, 4) is 6.07 Å². The first-order chi connectivity index (χ1) is 8.74. The van der Waals surface area contributed by atoms with Crippen LogP contribution < -0.4 is 0 Å². The molecule has 0 bridgehead atoms. The van der Waals surface area contributed by atoms with Crippen LogP contribution in [0.2, 0.25) is 5.15 Å². The van der Waals surface area contributed by atoms with E-state index in [-0.39, 0.29) is 23.6 Å². The maximum absolute atomic E-state index is 12.4. The lowest BCUT2D eigenvalue weighted by Crippen LogP contribution is -2.39. The Morgan fingerprint density at radius 3 is 2.89 bits per heavy atom. The van der Waals surface area contributed by atoms with Crippen LogP contribution in [-0.4, -0.2) is 28.4 Å². The van der Waals surface area contributed by atoms with Gasteiger partial charge in [-0.25, -0.2) is 4.98 Å². The molecule has 1 aliphatic carbocycles. The fourth-order valence-electron chi connectivity index (χ4n) is 2.36. The summed E-state index contributed by atoms with van der Waals surface area (Å²) in [6.07, 6.45) is 5.70. The summed E-state index contributed by atoms with van der Waals surface area (Å²) in [5.41, 5.74) is 0.376. The third-order valence-electron chi connectivity index (χ3n) is 3.26. The molecule has 1 aromatic rings. The SMILES string of the molecule is N#CCN(C(=O)c1cccnc1Cl)C1CCCC1. The van der Waals surface area contributed by atoms with Crippen molar-refractivity contribution >= 4 is 17.5 Å². The summed E-state index contributed by atoms with van der Waals surface area (Å²) in [5.74, 6) is -0.193. The molecule has 94 valence electrons. The third kappa shape index (κ3) is 2.62. The number of rotatable bonds is 3. The molecule has 0 aliphatic heterocycles. The van der Waals surface area contributed by atoms with Crippen LogP contribution in [0.5, 0.6) is 0 Å². The lowest BCUT2D eigenvalue weighted by molar-refractivity contribution is 0.0709. The lowest BCUT2D eigenvalue weighted by atomic mass is 10.1. The van der Waals surface area contributed by atoms with Gasteiger partial charge in [0.2, 0.25) is 0 Å². The monoisotopic (exact) mass is 263 g/mol. The summed E-state index contributed by atoms with van der Waals surface area (Å²) >= 11 is 5.93. The van der Waals surface area contributed by atoms with Crippen LogP contribution in [0.15, 0.2) is 18.3 Å². The Hall–Kier alpha value is -1.60. The molecule has 0 saturated heterocycles. The first-order valence-electron chi connectivity index (χ1n) is 6.02. The van der Waals surface area contributed by atoms with Crippen LogP contribution in [0.25, 0.3) is 0 Å². The van der Waals surface area contributed by atoms with Gasteiger partial charge in [0.25, 0.3) is 5.91 Å². The van der Waals surface area contributed by atoms with E-state index in [1.807, 2.05) is 0 Å². The van der Waals surface area contributed by atoms with Crippen LogP contribution in [0.3, 0.4) is 0 Å². The van der Waals surface area contributed by atoms with Gasteiger partial charge in [0, 0.05) is 12.2 Å². The van der Waals surface area contributed by atoms with Crippen LogP contribution in [-0.2, 0) is 0 Å². The summed E-state index contributed by atoms with van der Waals surface area (Å²) < 4.78 is 0. The standard InChI is InChI=1S/C13H14ClN3O/c14-12-11(6-3-8-16-12)13(18)17(9-7-15)10-4-1-2-5-10/h3,6,8,10H,1-2,4-5,9H2. The highest BCUT2D eigenvalue weighted by molar-refractivity contribution is 6.32. The van der Waals surface area contributed by atoms with Crippen molar-refractivity contribution in [3.05, 3.63) is 29.0 Å². The normalized spacial score (nSPS) is 15.3. The van der Waals surface area contributed by atoms with Gasteiger partial charge in [-0.3, -0.25) is 4.79 Å². The molecule has 1 fully saturated rings. The molecule has 0 spiro atoms. The lowest BCUT2D eigenvalue weighted by Gasteiger charge is -2.26. The fourth-order valence-corrected chi connectivity index (χ4v) is 2.56. The van der Waals surface area contributed by atoms with E-state index in [1.165, 1.54) is 0 Å². The molecule has 18 heavy (non-hydrogen) atoms. The molecule has 4 nitrogen and oxygen atoms in total. The van der Waals surface area contributed by atoms with E-state index in [4.69, 9.17) is 16.9 Å². The third-order valence-corrected chi connectivity index (χ3v) is 3.56. The van der Waals surface area contributed by atoms with Crippen LogP contribution in [0.1, 0.15) is 36.0 Å². The Labute approximate surface area is 111 Å². The minimum Gasteiger partial charge on any atom is -0.322 e. The number of halogens is 1. The number of amides is 1. The number of nitriles is 1. The second-order valence-corrected chi connectivity index (χ2v) is 4.73. The fraction of sp³-hybridized carbons (Fsp3) is 0.462. The van der Waals surface area contributed by atoms with E-state index in [0.717, 1.165) is 25.7 Å². The Morgan fingerprint density at radius 1 is 1.56 bits per heavy atom. The molecular weight excluding hydrogens is 250 g/mol. The van der Waals surface area contributed by atoms with Crippen molar-refractivity contribution < 1.29 is 4.79 Å². The van der Waals surface area contributed by atoms with Gasteiger partial charge in [0.05, 0.1) is 11.6 Å². The highest BCUT2D eigenvalue weighted by atomic mass is 35.5. The maximum atomic E-state index is 12.4. The molecule has 1 amide bonds. The van der Waals surface area contributed by atoms with Crippen LogP contribution >= 0.6 is 11.6 Å². The van der Waals surface area contributed by atoms with Gasteiger partial charge in [-0.15, -0.1) is 0 Å².